The van der Waals surface area contributed by atoms with E-state index in [2.05, 4.69) is 33.0 Å². The summed E-state index contributed by atoms with van der Waals surface area (Å²) in [7, 11) is 6.35. The van der Waals surface area contributed by atoms with Gasteiger partial charge in [0, 0.05) is 11.5 Å². The largest absolute Gasteiger partial charge is 0.368 e. The summed E-state index contributed by atoms with van der Waals surface area (Å²) in [6.45, 7) is 8.90. The van der Waals surface area contributed by atoms with Crippen LogP contribution in [0.1, 0.15) is 66.2 Å². The Morgan fingerprint density at radius 2 is 1.94 bits per heavy atom. The molecular formula is C15H27BN2. The molecule has 1 fully saturated rings. The summed E-state index contributed by atoms with van der Waals surface area (Å²) >= 11 is 0. The Balaban J connectivity index is 2.09. The molecule has 2 nitrogen and oxygen atoms in total. The van der Waals surface area contributed by atoms with Crippen molar-refractivity contribution in [3.8, 4) is 0 Å². The molecule has 0 aromatic carbocycles. The van der Waals surface area contributed by atoms with Gasteiger partial charge in [0.05, 0.1) is 13.9 Å². The highest BCUT2D eigenvalue weighted by molar-refractivity contribution is 6.14. The minimum atomic E-state index is 0.00883. The number of fused-ring (bicyclic) bond motifs is 1. The van der Waals surface area contributed by atoms with E-state index in [0.717, 1.165) is 19.3 Å². The molecule has 1 aliphatic carbocycles. The molecule has 0 spiro atoms. The molecule has 0 saturated heterocycles. The van der Waals surface area contributed by atoms with Gasteiger partial charge in [-0.1, -0.05) is 58.7 Å². The third-order valence-electron chi connectivity index (χ3n) is 4.32. The molecule has 0 bridgehead atoms. The highest BCUT2D eigenvalue weighted by atomic mass is 15.1. The van der Waals surface area contributed by atoms with E-state index in [0.29, 0.717) is 12.1 Å². The molecule has 2 rings (SSSR count). The molecule has 2 aliphatic rings. The van der Waals surface area contributed by atoms with Gasteiger partial charge in [0.15, 0.2) is 0 Å². The highest BCUT2D eigenvalue weighted by Crippen LogP contribution is 2.38. The summed E-state index contributed by atoms with van der Waals surface area (Å²) in [5.74, 6) is 1.19. The molecule has 3 atom stereocenters. The average Bonchev–Trinajstić information content (AvgIpc) is 2.65. The van der Waals surface area contributed by atoms with Crippen LogP contribution in [0.3, 0.4) is 0 Å². The van der Waals surface area contributed by atoms with Crippen LogP contribution in [0.15, 0.2) is 4.99 Å². The van der Waals surface area contributed by atoms with Gasteiger partial charge in [-0.05, 0) is 12.8 Å². The predicted molar refractivity (Wildman–Crippen MR) is 79.4 cm³/mol. The van der Waals surface area contributed by atoms with Crippen molar-refractivity contribution in [3.63, 3.8) is 0 Å². The highest BCUT2D eigenvalue weighted by Gasteiger charge is 2.34. The summed E-state index contributed by atoms with van der Waals surface area (Å²) in [4.78, 5) is 4.94. The van der Waals surface area contributed by atoms with E-state index in [1.54, 1.807) is 0 Å². The first-order valence-electron chi connectivity index (χ1n) is 7.42. The minimum Gasteiger partial charge on any atom is -0.368 e. The Hall–Kier alpha value is -0.465. The van der Waals surface area contributed by atoms with Gasteiger partial charge in [-0.25, -0.2) is 0 Å². The maximum absolute atomic E-state index is 6.35. The van der Waals surface area contributed by atoms with Gasteiger partial charge >= 0.3 is 0 Å². The molecule has 100 valence electrons. The maximum Gasteiger partial charge on any atom is 0.102 e. The van der Waals surface area contributed by atoms with E-state index >= 15 is 0 Å². The normalized spacial score (nSPS) is 37.9. The van der Waals surface area contributed by atoms with Gasteiger partial charge in [0.1, 0.15) is 5.84 Å². The van der Waals surface area contributed by atoms with Crippen molar-refractivity contribution in [2.75, 3.05) is 0 Å². The van der Waals surface area contributed by atoms with Crippen molar-refractivity contribution < 1.29 is 0 Å². The number of nitrogens with one attached hydrogen (secondary N) is 1. The zero-order valence-electron chi connectivity index (χ0n) is 12.4. The predicted octanol–water partition coefficient (Wildman–Crippen LogP) is 3.47. The van der Waals surface area contributed by atoms with Crippen molar-refractivity contribution in [2.24, 2.45) is 10.4 Å². The summed E-state index contributed by atoms with van der Waals surface area (Å²) in [6, 6.07) is 0.994. The van der Waals surface area contributed by atoms with Crippen LogP contribution in [-0.4, -0.2) is 25.8 Å². The molecule has 18 heavy (non-hydrogen) atoms. The van der Waals surface area contributed by atoms with E-state index < -0.39 is 0 Å². The molecule has 0 aromatic rings. The number of aliphatic imine (C=N–C) groups is 1. The van der Waals surface area contributed by atoms with E-state index in [9.17, 15) is 0 Å². The van der Waals surface area contributed by atoms with Crippen molar-refractivity contribution in [1.29, 1.82) is 0 Å². The molecular weight excluding hydrogens is 219 g/mol. The molecule has 2 radical (unpaired) electrons. The SMILES string of the molecule is [B]C1(C)CCCCC2NC(C(C)(C)C)=NC2CC1. The first-order chi connectivity index (χ1) is 8.28. The van der Waals surface area contributed by atoms with Gasteiger partial charge in [-0.3, -0.25) is 4.99 Å². The number of rotatable bonds is 0. The zero-order valence-corrected chi connectivity index (χ0v) is 12.4. The van der Waals surface area contributed by atoms with E-state index in [4.69, 9.17) is 12.8 Å². The zero-order chi connectivity index (χ0) is 13.4. The van der Waals surface area contributed by atoms with Crippen LogP contribution in [-0.2, 0) is 0 Å². The van der Waals surface area contributed by atoms with E-state index in [1.165, 1.54) is 25.1 Å². The summed E-state index contributed by atoms with van der Waals surface area (Å²) in [5, 5.41) is 3.67. The van der Waals surface area contributed by atoms with Crippen LogP contribution < -0.4 is 5.32 Å². The van der Waals surface area contributed by atoms with Crippen LogP contribution in [0.5, 0.6) is 0 Å². The lowest BCUT2D eigenvalue weighted by molar-refractivity contribution is 0.442. The second kappa shape index (κ2) is 4.90. The molecule has 0 amide bonds. The number of hydrogen-bond donors (Lipinski definition) is 1. The minimum absolute atomic E-state index is 0.00883. The summed E-state index contributed by atoms with van der Waals surface area (Å²) in [5.41, 5.74) is 0.142. The Morgan fingerprint density at radius 1 is 1.22 bits per heavy atom. The van der Waals surface area contributed by atoms with Crippen molar-refractivity contribution in [1.82, 2.24) is 5.32 Å². The smallest absolute Gasteiger partial charge is 0.102 e. The summed E-state index contributed by atoms with van der Waals surface area (Å²) in [6.07, 6.45) is 7.14. The molecule has 3 heteroatoms. The topological polar surface area (TPSA) is 24.4 Å². The van der Waals surface area contributed by atoms with Gasteiger partial charge in [0.2, 0.25) is 0 Å². The van der Waals surface area contributed by atoms with Crippen LogP contribution in [0, 0.1) is 5.41 Å². The lowest BCUT2D eigenvalue weighted by Crippen LogP contribution is -2.39. The third-order valence-corrected chi connectivity index (χ3v) is 4.32. The third kappa shape index (κ3) is 3.30. The van der Waals surface area contributed by atoms with Gasteiger partial charge in [0.25, 0.3) is 0 Å². The van der Waals surface area contributed by atoms with Crippen LogP contribution >= 0.6 is 0 Å². The molecule has 1 N–H and O–H groups in total. The lowest BCUT2D eigenvalue weighted by atomic mass is 9.64. The van der Waals surface area contributed by atoms with Crippen molar-refractivity contribution in [2.45, 2.75) is 83.6 Å². The molecule has 0 aromatic heterocycles. The van der Waals surface area contributed by atoms with Gasteiger partial charge < -0.3 is 5.32 Å². The van der Waals surface area contributed by atoms with E-state index in [1.807, 2.05) is 0 Å². The second-order valence-corrected chi connectivity index (χ2v) is 7.48. The van der Waals surface area contributed by atoms with Crippen molar-refractivity contribution >= 4 is 13.7 Å². The van der Waals surface area contributed by atoms with E-state index in [-0.39, 0.29) is 10.7 Å². The fraction of sp³-hybridized carbons (Fsp3) is 0.933. The van der Waals surface area contributed by atoms with Crippen LogP contribution in [0.25, 0.3) is 0 Å². The summed E-state index contributed by atoms with van der Waals surface area (Å²) < 4.78 is 0. The van der Waals surface area contributed by atoms with Crippen LogP contribution in [0.4, 0.5) is 0 Å². The van der Waals surface area contributed by atoms with Gasteiger partial charge in [-0.2, -0.15) is 0 Å². The molecule has 1 aliphatic heterocycles. The molecule has 3 unspecified atom stereocenters. The Labute approximate surface area is 113 Å². The average molecular weight is 246 g/mol. The fourth-order valence-electron chi connectivity index (χ4n) is 3.00. The second-order valence-electron chi connectivity index (χ2n) is 7.48. The number of nitrogens with zero attached hydrogens (tertiary/aromatic N) is 1. The maximum atomic E-state index is 6.35. The quantitative estimate of drug-likeness (QED) is 0.650. The standard InChI is InChI=1S/C15H27BN2/c1-14(2,3)13-17-11-7-5-6-9-15(4,16)10-8-12(11)18-13/h11-12H,5-10H2,1-4H3,(H,17,18). The Kier molecular flexibility index (Phi) is 3.80. The Bertz CT molecular complexity index is 328. The Morgan fingerprint density at radius 3 is 2.61 bits per heavy atom. The van der Waals surface area contributed by atoms with Crippen molar-refractivity contribution in [3.05, 3.63) is 0 Å². The number of amidine groups is 1. The van der Waals surface area contributed by atoms with Crippen LogP contribution in [0.2, 0.25) is 5.31 Å². The first kappa shape index (κ1) is 14.0. The number of hydrogen-bond acceptors (Lipinski definition) is 2. The fourth-order valence-corrected chi connectivity index (χ4v) is 3.00. The van der Waals surface area contributed by atoms with Gasteiger partial charge in [-0.15, -0.1) is 0 Å². The molecule has 1 heterocycles. The first-order valence-corrected chi connectivity index (χ1v) is 7.42. The monoisotopic (exact) mass is 246 g/mol. The lowest BCUT2D eigenvalue weighted by Gasteiger charge is -2.25. The molecule has 1 saturated carbocycles.